The second-order valence-corrected chi connectivity index (χ2v) is 7.27. The highest BCUT2D eigenvalue weighted by atomic mass is 19.1. The number of amides is 1. The highest BCUT2D eigenvalue weighted by molar-refractivity contribution is 5.73. The number of aromatic nitrogens is 3. The van der Waals surface area contributed by atoms with E-state index in [4.69, 9.17) is 0 Å². The molecular formula is C22H22FN5O2. The summed E-state index contributed by atoms with van der Waals surface area (Å²) < 4.78 is 16.0. The number of carbonyl (C=O) groups excluding carboxylic acids is 1. The van der Waals surface area contributed by atoms with E-state index in [0.717, 1.165) is 19.0 Å². The first-order valence-electron chi connectivity index (χ1n) is 9.84. The van der Waals surface area contributed by atoms with Crippen molar-refractivity contribution in [3.8, 4) is 16.9 Å². The van der Waals surface area contributed by atoms with E-state index < -0.39 is 5.82 Å². The Bertz CT molecular complexity index is 1120. The standard InChI is InChI=1S/C22H22FN5O2/c1-15(29)27-11-8-17(9-12-27)25-22-24-14-19(23)21(26-22)16-5-4-6-18(13-16)28-10-3-2-7-20(28)30/h2-7,10,13-14,17H,8-9,11-12H2,1H3,(H,24,25,26). The molecule has 0 radical (unpaired) electrons. The molecule has 1 fully saturated rings. The number of rotatable bonds is 4. The maximum absolute atomic E-state index is 14.5. The number of carbonyl (C=O) groups is 1. The minimum Gasteiger partial charge on any atom is -0.351 e. The molecule has 0 bridgehead atoms. The predicted molar refractivity (Wildman–Crippen MR) is 112 cm³/mol. The molecular weight excluding hydrogens is 385 g/mol. The van der Waals surface area contributed by atoms with E-state index in [2.05, 4.69) is 15.3 Å². The fraction of sp³-hybridized carbons (Fsp3) is 0.273. The average molecular weight is 407 g/mol. The van der Waals surface area contributed by atoms with E-state index in [9.17, 15) is 14.0 Å². The lowest BCUT2D eigenvalue weighted by Crippen LogP contribution is -2.41. The molecule has 4 rings (SSSR count). The van der Waals surface area contributed by atoms with Gasteiger partial charge in [0, 0.05) is 49.6 Å². The fourth-order valence-electron chi connectivity index (χ4n) is 3.60. The predicted octanol–water partition coefficient (Wildman–Crippen LogP) is 2.86. The Kier molecular flexibility index (Phi) is 5.56. The van der Waals surface area contributed by atoms with Gasteiger partial charge in [0.25, 0.3) is 5.56 Å². The van der Waals surface area contributed by atoms with Gasteiger partial charge < -0.3 is 10.2 Å². The Morgan fingerprint density at radius 2 is 1.97 bits per heavy atom. The summed E-state index contributed by atoms with van der Waals surface area (Å²) in [6.07, 6.45) is 4.37. The van der Waals surface area contributed by atoms with Gasteiger partial charge in [-0.2, -0.15) is 0 Å². The number of nitrogens with zero attached hydrogens (tertiary/aromatic N) is 4. The topological polar surface area (TPSA) is 80.1 Å². The van der Waals surface area contributed by atoms with E-state index in [1.165, 1.54) is 10.6 Å². The molecule has 0 aliphatic carbocycles. The van der Waals surface area contributed by atoms with Crippen LogP contribution < -0.4 is 10.9 Å². The summed E-state index contributed by atoms with van der Waals surface area (Å²) in [6, 6.07) is 12.0. The first-order valence-corrected chi connectivity index (χ1v) is 9.84. The first kappa shape index (κ1) is 19.8. The number of nitrogens with one attached hydrogen (secondary N) is 1. The molecule has 8 heteroatoms. The van der Waals surface area contributed by atoms with Crippen LogP contribution in [0.1, 0.15) is 19.8 Å². The summed E-state index contributed by atoms with van der Waals surface area (Å²) in [7, 11) is 0. The fourth-order valence-corrected chi connectivity index (χ4v) is 3.60. The lowest BCUT2D eigenvalue weighted by Gasteiger charge is -2.31. The van der Waals surface area contributed by atoms with Crippen LogP contribution in [0.15, 0.2) is 59.7 Å². The zero-order chi connectivity index (χ0) is 21.1. The van der Waals surface area contributed by atoms with Crippen molar-refractivity contribution < 1.29 is 9.18 Å². The number of hydrogen-bond donors (Lipinski definition) is 1. The number of piperidine rings is 1. The van der Waals surface area contributed by atoms with E-state index in [1.807, 2.05) is 4.90 Å². The normalized spacial score (nSPS) is 14.5. The van der Waals surface area contributed by atoms with Crippen molar-refractivity contribution in [2.24, 2.45) is 0 Å². The minimum atomic E-state index is -0.537. The van der Waals surface area contributed by atoms with Crippen molar-refractivity contribution in [2.45, 2.75) is 25.8 Å². The monoisotopic (exact) mass is 407 g/mol. The molecule has 1 amide bonds. The van der Waals surface area contributed by atoms with Gasteiger partial charge in [-0.15, -0.1) is 0 Å². The number of hydrogen-bond acceptors (Lipinski definition) is 5. The van der Waals surface area contributed by atoms with Gasteiger partial charge in [-0.25, -0.2) is 14.4 Å². The highest BCUT2D eigenvalue weighted by Crippen LogP contribution is 2.24. The van der Waals surface area contributed by atoms with Gasteiger partial charge in [-0.1, -0.05) is 18.2 Å². The lowest BCUT2D eigenvalue weighted by atomic mass is 10.1. The third-order valence-electron chi connectivity index (χ3n) is 5.24. The second kappa shape index (κ2) is 8.44. The summed E-state index contributed by atoms with van der Waals surface area (Å²) in [4.78, 5) is 33.8. The third-order valence-corrected chi connectivity index (χ3v) is 5.24. The van der Waals surface area contributed by atoms with Gasteiger partial charge >= 0.3 is 0 Å². The van der Waals surface area contributed by atoms with Crippen LogP contribution in [0.2, 0.25) is 0 Å². The molecule has 7 nitrogen and oxygen atoms in total. The van der Waals surface area contributed by atoms with Crippen LogP contribution in [0.3, 0.4) is 0 Å². The molecule has 154 valence electrons. The van der Waals surface area contributed by atoms with Gasteiger partial charge in [0.15, 0.2) is 5.82 Å². The molecule has 0 atom stereocenters. The average Bonchev–Trinajstić information content (AvgIpc) is 2.76. The van der Waals surface area contributed by atoms with E-state index >= 15 is 0 Å². The van der Waals surface area contributed by atoms with Crippen LogP contribution in [-0.2, 0) is 4.79 Å². The molecule has 0 unspecified atom stereocenters. The smallest absolute Gasteiger partial charge is 0.255 e. The molecule has 0 saturated carbocycles. The summed E-state index contributed by atoms with van der Waals surface area (Å²) in [6.45, 7) is 2.92. The van der Waals surface area contributed by atoms with Gasteiger partial charge in [-0.05, 0) is 31.0 Å². The SMILES string of the molecule is CC(=O)N1CCC(Nc2ncc(F)c(-c3cccc(-n4ccccc4=O)c3)n2)CC1. The van der Waals surface area contributed by atoms with E-state index in [-0.39, 0.29) is 23.2 Å². The van der Waals surface area contributed by atoms with Gasteiger partial charge in [0.05, 0.1) is 6.20 Å². The van der Waals surface area contributed by atoms with Gasteiger partial charge in [0.2, 0.25) is 11.9 Å². The van der Waals surface area contributed by atoms with Crippen LogP contribution in [0.5, 0.6) is 0 Å². The number of halogens is 1. The van der Waals surface area contributed by atoms with E-state index in [1.54, 1.807) is 49.5 Å². The van der Waals surface area contributed by atoms with E-state index in [0.29, 0.717) is 30.3 Å². The Hall–Kier alpha value is -3.55. The molecule has 1 aromatic carbocycles. The molecule has 1 aliphatic rings. The summed E-state index contributed by atoms with van der Waals surface area (Å²) in [5.41, 5.74) is 1.18. The molecule has 1 aliphatic heterocycles. The van der Waals surface area contributed by atoms with Crippen LogP contribution in [-0.4, -0.2) is 44.5 Å². The Morgan fingerprint density at radius 1 is 1.17 bits per heavy atom. The minimum absolute atomic E-state index is 0.0752. The van der Waals surface area contributed by atoms with Crippen molar-refractivity contribution in [1.29, 1.82) is 0 Å². The third kappa shape index (κ3) is 4.22. The summed E-state index contributed by atoms with van der Waals surface area (Å²) >= 11 is 0. The summed E-state index contributed by atoms with van der Waals surface area (Å²) in [5.74, 6) is -0.120. The van der Waals surface area contributed by atoms with Gasteiger partial charge in [-0.3, -0.25) is 14.2 Å². The van der Waals surface area contributed by atoms with Gasteiger partial charge in [0.1, 0.15) is 5.69 Å². The van der Waals surface area contributed by atoms with Crippen molar-refractivity contribution in [2.75, 3.05) is 18.4 Å². The van der Waals surface area contributed by atoms with Crippen molar-refractivity contribution in [1.82, 2.24) is 19.4 Å². The molecule has 0 spiro atoms. The maximum Gasteiger partial charge on any atom is 0.255 e. The van der Waals surface area contributed by atoms with Crippen molar-refractivity contribution in [3.63, 3.8) is 0 Å². The Balaban J connectivity index is 1.57. The zero-order valence-corrected chi connectivity index (χ0v) is 16.6. The maximum atomic E-state index is 14.5. The van der Waals surface area contributed by atoms with Crippen LogP contribution >= 0.6 is 0 Å². The first-order chi connectivity index (χ1) is 14.5. The molecule has 2 aromatic heterocycles. The zero-order valence-electron chi connectivity index (χ0n) is 16.6. The number of anilines is 1. The number of pyridine rings is 1. The molecule has 3 heterocycles. The molecule has 3 aromatic rings. The number of likely N-dealkylation sites (tertiary alicyclic amines) is 1. The van der Waals surface area contributed by atoms with Crippen LogP contribution in [0.25, 0.3) is 16.9 Å². The lowest BCUT2D eigenvalue weighted by molar-refractivity contribution is -0.129. The van der Waals surface area contributed by atoms with Crippen LogP contribution in [0, 0.1) is 5.82 Å². The Morgan fingerprint density at radius 3 is 2.70 bits per heavy atom. The molecule has 1 saturated heterocycles. The molecule has 30 heavy (non-hydrogen) atoms. The Labute approximate surface area is 173 Å². The van der Waals surface area contributed by atoms with Crippen molar-refractivity contribution >= 4 is 11.9 Å². The highest BCUT2D eigenvalue weighted by Gasteiger charge is 2.21. The summed E-state index contributed by atoms with van der Waals surface area (Å²) in [5, 5.41) is 3.25. The second-order valence-electron chi connectivity index (χ2n) is 7.27. The largest absolute Gasteiger partial charge is 0.351 e. The van der Waals surface area contributed by atoms with Crippen molar-refractivity contribution in [3.05, 3.63) is 71.0 Å². The number of benzene rings is 1. The molecule has 1 N–H and O–H groups in total. The quantitative estimate of drug-likeness (QED) is 0.719. The van der Waals surface area contributed by atoms with Crippen LogP contribution in [0.4, 0.5) is 10.3 Å².